The third-order valence-electron chi connectivity index (χ3n) is 4.60. The molecule has 0 fully saturated rings. The zero-order chi connectivity index (χ0) is 22.2. The summed E-state index contributed by atoms with van der Waals surface area (Å²) in [6, 6.07) is 22.9. The largest absolute Gasteiger partial charge is 0.493 e. The molecule has 2 aromatic heterocycles. The second-order valence-corrected chi connectivity index (χ2v) is 10.6. The van der Waals surface area contributed by atoms with Crippen LogP contribution in [0.4, 0.5) is 5.69 Å². The summed E-state index contributed by atoms with van der Waals surface area (Å²) < 4.78 is 12.1. The summed E-state index contributed by atoms with van der Waals surface area (Å²) >= 11 is 6.12. The van der Waals surface area contributed by atoms with Gasteiger partial charge in [-0.05, 0) is 72.0 Å². The van der Waals surface area contributed by atoms with Gasteiger partial charge in [-0.3, -0.25) is 15.4 Å². The first-order chi connectivity index (χ1) is 15.7. The Morgan fingerprint density at radius 2 is 1.47 bits per heavy atom. The Labute approximate surface area is 192 Å². The Kier molecular flexibility index (Phi) is 6.90. The van der Waals surface area contributed by atoms with E-state index in [0.29, 0.717) is 11.5 Å². The molecule has 2 aromatic carbocycles. The fraction of sp³-hybridized carbons (Fsp3) is 0.0417. The molecular weight excluding hydrogens is 439 g/mol. The number of aromatic nitrogens is 2. The number of para-hydroxylation sites is 1. The Balaban J connectivity index is 1.62. The second kappa shape index (κ2) is 10.2. The van der Waals surface area contributed by atoms with Crippen molar-refractivity contribution >= 4 is 40.6 Å². The number of rotatable bonds is 8. The normalized spacial score (nSPS) is 11.3. The summed E-state index contributed by atoms with van der Waals surface area (Å²) in [6.07, 6.45) is 5.97. The van der Waals surface area contributed by atoms with Gasteiger partial charge >= 0.3 is 0 Å². The molecule has 4 aromatic rings. The molecule has 0 bridgehead atoms. The smallest absolute Gasteiger partial charge is 0.171 e. The first kappa shape index (κ1) is 21.7. The van der Waals surface area contributed by atoms with Crippen LogP contribution in [0, 0.1) is 0 Å². The first-order valence-electron chi connectivity index (χ1n) is 9.82. The summed E-state index contributed by atoms with van der Waals surface area (Å²) in [6.45, 7) is 0. The lowest BCUT2D eigenvalue weighted by Gasteiger charge is -2.25. The van der Waals surface area contributed by atoms with Crippen LogP contribution in [0.5, 0.6) is 11.5 Å². The van der Waals surface area contributed by atoms with Gasteiger partial charge < -0.3 is 9.26 Å². The highest BCUT2D eigenvalue weighted by Crippen LogP contribution is 2.47. The molecule has 0 unspecified atom stereocenters. The molecule has 0 aliphatic rings. The van der Waals surface area contributed by atoms with E-state index < -0.39 is 6.26 Å². The van der Waals surface area contributed by atoms with Gasteiger partial charge in [-0.2, -0.15) is 5.10 Å². The SMILES string of the molecule is COc1cc(C=NNc2ccccc2)ccc1OP(=S)(c1ccncc1)c1ccncc1. The topological polar surface area (TPSA) is 68.6 Å². The van der Waals surface area contributed by atoms with Crippen molar-refractivity contribution in [3.8, 4) is 11.5 Å². The number of ether oxygens (including phenoxy) is 1. The average molecular weight is 460 g/mol. The van der Waals surface area contributed by atoms with E-state index in [1.54, 1.807) is 38.1 Å². The highest BCUT2D eigenvalue weighted by atomic mass is 32.4. The van der Waals surface area contributed by atoms with Crippen LogP contribution in [0.15, 0.2) is 103 Å². The number of methoxy groups -OCH3 is 1. The fourth-order valence-corrected chi connectivity index (χ4v) is 5.97. The summed E-state index contributed by atoms with van der Waals surface area (Å²) in [5, 5.41) is 6.08. The summed E-state index contributed by atoms with van der Waals surface area (Å²) in [4.78, 5) is 8.23. The maximum atomic E-state index is 6.51. The molecular formula is C24H21N4O2PS. The van der Waals surface area contributed by atoms with Crippen LogP contribution in [0.1, 0.15) is 5.56 Å². The van der Waals surface area contributed by atoms with Crippen molar-refractivity contribution in [3.63, 3.8) is 0 Å². The van der Waals surface area contributed by atoms with E-state index in [1.807, 2.05) is 72.8 Å². The van der Waals surface area contributed by atoms with Gasteiger partial charge in [0.2, 0.25) is 0 Å². The van der Waals surface area contributed by atoms with Gasteiger partial charge in [0.05, 0.1) is 19.0 Å². The summed E-state index contributed by atoms with van der Waals surface area (Å²) in [5.74, 6) is 1.14. The van der Waals surface area contributed by atoms with E-state index in [1.165, 1.54) is 0 Å². The Bertz CT molecular complexity index is 1200. The monoisotopic (exact) mass is 460 g/mol. The number of anilines is 1. The predicted octanol–water partition coefficient (Wildman–Crippen LogP) is 4.36. The Morgan fingerprint density at radius 3 is 2.06 bits per heavy atom. The molecule has 4 rings (SSSR count). The number of hydrazone groups is 1. The van der Waals surface area contributed by atoms with Crippen LogP contribution in [-0.2, 0) is 11.8 Å². The maximum Gasteiger partial charge on any atom is 0.171 e. The molecule has 0 radical (unpaired) electrons. The quantitative estimate of drug-likeness (QED) is 0.240. The van der Waals surface area contributed by atoms with E-state index in [9.17, 15) is 0 Å². The summed E-state index contributed by atoms with van der Waals surface area (Å²) in [5.41, 5.74) is 4.77. The lowest BCUT2D eigenvalue weighted by molar-refractivity contribution is 0.398. The number of nitrogens with one attached hydrogen (secondary N) is 1. The van der Waals surface area contributed by atoms with E-state index in [0.717, 1.165) is 21.9 Å². The van der Waals surface area contributed by atoms with Gasteiger partial charge in [-0.1, -0.05) is 18.2 Å². The van der Waals surface area contributed by atoms with E-state index in [4.69, 9.17) is 21.1 Å². The molecule has 0 aliphatic carbocycles. The van der Waals surface area contributed by atoms with Crippen LogP contribution >= 0.6 is 6.26 Å². The predicted molar refractivity (Wildman–Crippen MR) is 133 cm³/mol. The molecule has 2 heterocycles. The molecule has 0 amide bonds. The molecule has 32 heavy (non-hydrogen) atoms. The maximum absolute atomic E-state index is 6.51. The van der Waals surface area contributed by atoms with Gasteiger partial charge in [0.1, 0.15) is 0 Å². The third kappa shape index (κ3) is 5.02. The van der Waals surface area contributed by atoms with Gasteiger partial charge in [0.25, 0.3) is 0 Å². The van der Waals surface area contributed by atoms with Crippen molar-refractivity contribution in [2.45, 2.75) is 0 Å². The minimum atomic E-state index is -2.64. The van der Waals surface area contributed by atoms with Crippen LogP contribution in [0.25, 0.3) is 0 Å². The zero-order valence-corrected chi connectivity index (χ0v) is 19.0. The molecule has 0 spiro atoms. The summed E-state index contributed by atoms with van der Waals surface area (Å²) in [7, 11) is 1.60. The third-order valence-corrected chi connectivity index (χ3v) is 8.50. The lowest BCUT2D eigenvalue weighted by atomic mass is 10.2. The van der Waals surface area contributed by atoms with E-state index >= 15 is 0 Å². The molecule has 0 saturated heterocycles. The van der Waals surface area contributed by atoms with Crippen molar-refractivity contribution < 1.29 is 9.26 Å². The van der Waals surface area contributed by atoms with Crippen LogP contribution < -0.4 is 25.3 Å². The Hall–Kier alpha value is -3.54. The van der Waals surface area contributed by atoms with Crippen molar-refractivity contribution in [3.05, 3.63) is 103 Å². The zero-order valence-electron chi connectivity index (χ0n) is 17.3. The van der Waals surface area contributed by atoms with Gasteiger partial charge in [-0.15, -0.1) is 0 Å². The van der Waals surface area contributed by atoms with Crippen molar-refractivity contribution in [2.75, 3.05) is 12.5 Å². The second-order valence-electron chi connectivity index (χ2n) is 6.70. The standard InChI is InChI=1S/C24H21N4O2PS/c1-29-24-17-19(18-27-28-20-5-3-2-4-6-20)7-8-23(24)30-31(32,21-9-13-25-14-10-21)22-11-15-26-16-12-22/h2-18,28H,1H3. The first-order valence-corrected chi connectivity index (χ1v) is 12.5. The van der Waals surface area contributed by atoms with E-state index in [-0.39, 0.29) is 0 Å². The number of hydrogen-bond donors (Lipinski definition) is 1. The molecule has 0 aliphatic heterocycles. The fourth-order valence-electron chi connectivity index (χ4n) is 3.01. The molecule has 8 heteroatoms. The minimum absolute atomic E-state index is 0.567. The van der Waals surface area contributed by atoms with Crippen molar-refractivity contribution in [1.29, 1.82) is 0 Å². The lowest BCUT2D eigenvalue weighted by Crippen LogP contribution is -2.20. The average Bonchev–Trinajstić information content (AvgIpc) is 2.86. The van der Waals surface area contributed by atoms with Crippen molar-refractivity contribution in [2.24, 2.45) is 5.10 Å². The number of hydrogen-bond acceptors (Lipinski definition) is 7. The van der Waals surface area contributed by atoms with Crippen LogP contribution in [-0.4, -0.2) is 23.3 Å². The Morgan fingerprint density at radius 1 is 0.844 bits per heavy atom. The molecule has 0 saturated carbocycles. The number of benzene rings is 2. The van der Waals surface area contributed by atoms with E-state index in [2.05, 4.69) is 20.5 Å². The van der Waals surface area contributed by atoms with Gasteiger partial charge in [0, 0.05) is 35.4 Å². The highest BCUT2D eigenvalue weighted by molar-refractivity contribution is 8.19. The highest BCUT2D eigenvalue weighted by Gasteiger charge is 2.26. The molecule has 0 atom stereocenters. The number of nitrogens with zero attached hydrogens (tertiary/aromatic N) is 3. The van der Waals surface area contributed by atoms with Crippen molar-refractivity contribution in [1.82, 2.24) is 9.97 Å². The minimum Gasteiger partial charge on any atom is -0.493 e. The van der Waals surface area contributed by atoms with Gasteiger partial charge in [-0.25, -0.2) is 0 Å². The van der Waals surface area contributed by atoms with Gasteiger partial charge in [0.15, 0.2) is 17.8 Å². The number of pyridine rings is 2. The molecule has 160 valence electrons. The van der Waals surface area contributed by atoms with Crippen LogP contribution in [0.2, 0.25) is 0 Å². The van der Waals surface area contributed by atoms with Crippen LogP contribution in [0.3, 0.4) is 0 Å². The molecule has 6 nitrogen and oxygen atoms in total. The molecule has 1 N–H and O–H groups in total.